The molecule has 1 saturated heterocycles. The molecule has 2 atom stereocenters. The predicted octanol–water partition coefficient (Wildman–Crippen LogP) is 2.28. The van der Waals surface area contributed by atoms with Crippen molar-refractivity contribution in [2.45, 2.75) is 57.7 Å². The van der Waals surface area contributed by atoms with Crippen LogP contribution in [0.1, 0.15) is 47.0 Å². The van der Waals surface area contributed by atoms with E-state index in [2.05, 4.69) is 5.32 Å². The summed E-state index contributed by atoms with van der Waals surface area (Å²) in [5.74, 6) is 0.105. The highest BCUT2D eigenvalue weighted by Gasteiger charge is 2.39. The molecule has 0 aromatic heterocycles. The van der Waals surface area contributed by atoms with Gasteiger partial charge in [0.1, 0.15) is 0 Å². The Bertz CT molecular complexity index is 330. The summed E-state index contributed by atoms with van der Waals surface area (Å²) in [5.41, 5.74) is -0.256. The predicted molar refractivity (Wildman–Crippen MR) is 73.7 cm³/mol. The average molecular weight is 273 g/mol. The van der Waals surface area contributed by atoms with Gasteiger partial charge < -0.3 is 10.4 Å². The minimum absolute atomic E-state index is 0.0221. The minimum Gasteiger partial charge on any atom is -0.481 e. The summed E-state index contributed by atoms with van der Waals surface area (Å²) < 4.78 is -0.387. The number of carboxylic acids is 1. The molecule has 0 bridgehead atoms. The van der Waals surface area contributed by atoms with E-state index in [1.807, 2.05) is 27.7 Å². The Labute approximate surface area is 113 Å². The number of aliphatic carboxylic acids is 1. The number of carbonyl (C=O) groups is 2. The van der Waals surface area contributed by atoms with E-state index in [-0.39, 0.29) is 28.5 Å². The van der Waals surface area contributed by atoms with Crippen LogP contribution in [0.3, 0.4) is 0 Å². The fourth-order valence-corrected chi connectivity index (χ4v) is 3.24. The summed E-state index contributed by atoms with van der Waals surface area (Å²) in [6, 6.07) is -0.333. The van der Waals surface area contributed by atoms with Crippen molar-refractivity contribution in [3.63, 3.8) is 0 Å². The lowest BCUT2D eigenvalue weighted by Crippen LogP contribution is -2.51. The van der Waals surface area contributed by atoms with E-state index in [0.717, 1.165) is 18.6 Å². The highest BCUT2D eigenvalue weighted by molar-refractivity contribution is 8.01. The Morgan fingerprint density at radius 3 is 2.44 bits per heavy atom. The number of hydrogen-bond acceptors (Lipinski definition) is 3. The van der Waals surface area contributed by atoms with Gasteiger partial charge in [-0.3, -0.25) is 9.59 Å². The van der Waals surface area contributed by atoms with Gasteiger partial charge in [-0.2, -0.15) is 0 Å². The highest BCUT2D eigenvalue weighted by atomic mass is 32.2. The molecule has 1 heterocycles. The van der Waals surface area contributed by atoms with Gasteiger partial charge in [-0.25, -0.2) is 0 Å². The van der Waals surface area contributed by atoms with Crippen LogP contribution in [0.15, 0.2) is 0 Å². The summed E-state index contributed by atoms with van der Waals surface area (Å²) in [6.45, 7) is 7.79. The van der Waals surface area contributed by atoms with Gasteiger partial charge in [-0.05, 0) is 30.9 Å². The molecule has 1 fully saturated rings. The molecule has 0 radical (unpaired) electrons. The van der Waals surface area contributed by atoms with Crippen molar-refractivity contribution in [1.29, 1.82) is 0 Å². The molecule has 1 aliphatic heterocycles. The van der Waals surface area contributed by atoms with Gasteiger partial charge >= 0.3 is 5.97 Å². The summed E-state index contributed by atoms with van der Waals surface area (Å²) in [5, 5.41) is 11.9. The molecular formula is C13H23NO3S. The lowest BCUT2D eigenvalue weighted by atomic mass is 9.84. The smallest absolute Gasteiger partial charge is 0.305 e. The molecule has 0 saturated carbocycles. The van der Waals surface area contributed by atoms with E-state index < -0.39 is 5.97 Å². The van der Waals surface area contributed by atoms with Crippen molar-refractivity contribution < 1.29 is 14.7 Å². The molecule has 0 aliphatic carbocycles. The lowest BCUT2D eigenvalue weighted by molar-refractivity contribution is -0.138. The van der Waals surface area contributed by atoms with E-state index in [9.17, 15) is 9.59 Å². The van der Waals surface area contributed by atoms with Crippen LogP contribution in [0.4, 0.5) is 0 Å². The number of nitrogens with one attached hydrogen (secondary N) is 1. The third-order valence-corrected chi connectivity index (χ3v) is 4.95. The Morgan fingerprint density at radius 2 is 2.06 bits per heavy atom. The molecule has 1 amide bonds. The molecule has 1 aliphatic rings. The average Bonchev–Trinajstić information content (AvgIpc) is 2.63. The second-order valence-corrected chi connectivity index (χ2v) is 7.77. The maximum Gasteiger partial charge on any atom is 0.305 e. The lowest BCUT2D eigenvalue weighted by Gasteiger charge is -2.33. The number of carbonyl (C=O) groups excluding carboxylic acids is 1. The zero-order valence-electron chi connectivity index (χ0n) is 11.6. The first-order valence-corrected chi connectivity index (χ1v) is 7.30. The summed E-state index contributed by atoms with van der Waals surface area (Å²) in [4.78, 5) is 23.2. The fraction of sp³-hybridized carbons (Fsp3) is 0.846. The van der Waals surface area contributed by atoms with Gasteiger partial charge in [0.25, 0.3) is 0 Å². The van der Waals surface area contributed by atoms with E-state index >= 15 is 0 Å². The van der Waals surface area contributed by atoms with Crippen LogP contribution in [0.5, 0.6) is 0 Å². The molecule has 1 rings (SSSR count). The molecule has 18 heavy (non-hydrogen) atoms. The van der Waals surface area contributed by atoms with Gasteiger partial charge in [-0.1, -0.05) is 20.8 Å². The molecule has 4 nitrogen and oxygen atoms in total. The van der Waals surface area contributed by atoms with Crippen molar-refractivity contribution in [3.8, 4) is 0 Å². The number of thioether (sulfide) groups is 1. The Morgan fingerprint density at radius 1 is 1.44 bits per heavy atom. The summed E-state index contributed by atoms with van der Waals surface area (Å²) in [6.07, 6.45) is 1.89. The van der Waals surface area contributed by atoms with E-state index in [0.29, 0.717) is 0 Å². The quantitative estimate of drug-likeness (QED) is 0.824. The first-order chi connectivity index (χ1) is 8.15. The minimum atomic E-state index is -0.876. The van der Waals surface area contributed by atoms with Crippen LogP contribution < -0.4 is 5.32 Å². The Balaban J connectivity index is 2.71. The van der Waals surface area contributed by atoms with Crippen molar-refractivity contribution in [2.24, 2.45) is 5.41 Å². The zero-order valence-corrected chi connectivity index (χ0v) is 12.4. The Kier molecular flexibility index (Phi) is 4.70. The first kappa shape index (κ1) is 15.3. The molecule has 2 unspecified atom stereocenters. The van der Waals surface area contributed by atoms with E-state index in [4.69, 9.17) is 5.11 Å². The topological polar surface area (TPSA) is 66.4 Å². The van der Waals surface area contributed by atoms with Crippen molar-refractivity contribution in [2.75, 3.05) is 5.75 Å². The number of rotatable bonds is 4. The third kappa shape index (κ3) is 3.90. The van der Waals surface area contributed by atoms with Crippen LogP contribution in [0.25, 0.3) is 0 Å². The van der Waals surface area contributed by atoms with Gasteiger partial charge in [0, 0.05) is 6.04 Å². The SMILES string of the molecule is CC1(C(=O)NC(CC(=O)O)C(C)(C)C)CCCS1. The normalized spacial score (nSPS) is 25.8. The maximum atomic E-state index is 12.3. The van der Waals surface area contributed by atoms with Gasteiger partial charge in [0.05, 0.1) is 11.2 Å². The van der Waals surface area contributed by atoms with Crippen LogP contribution in [-0.4, -0.2) is 33.5 Å². The molecule has 0 spiro atoms. The Hall–Kier alpha value is -0.710. The largest absolute Gasteiger partial charge is 0.481 e. The standard InChI is InChI=1S/C13H23NO3S/c1-12(2,3)9(8-10(15)16)14-11(17)13(4)6-5-7-18-13/h9H,5-8H2,1-4H3,(H,14,17)(H,15,16). The van der Waals surface area contributed by atoms with Gasteiger partial charge in [-0.15, -0.1) is 11.8 Å². The number of carboxylic acid groups (broad SMARTS) is 1. The fourth-order valence-electron chi connectivity index (χ4n) is 2.02. The molecule has 2 N–H and O–H groups in total. The van der Waals surface area contributed by atoms with Gasteiger partial charge in [0.15, 0.2) is 0 Å². The second-order valence-electron chi connectivity index (χ2n) is 6.17. The van der Waals surface area contributed by atoms with E-state index in [1.165, 1.54) is 0 Å². The molecule has 104 valence electrons. The van der Waals surface area contributed by atoms with Crippen LogP contribution in [0, 0.1) is 5.41 Å². The first-order valence-electron chi connectivity index (χ1n) is 6.32. The molecule has 5 heteroatoms. The van der Waals surface area contributed by atoms with Crippen molar-refractivity contribution in [1.82, 2.24) is 5.32 Å². The van der Waals surface area contributed by atoms with Crippen LogP contribution in [-0.2, 0) is 9.59 Å². The number of hydrogen-bond donors (Lipinski definition) is 2. The second kappa shape index (κ2) is 5.51. The summed E-state index contributed by atoms with van der Waals surface area (Å²) >= 11 is 1.66. The van der Waals surface area contributed by atoms with Gasteiger partial charge in [0.2, 0.25) is 5.91 Å². The number of amides is 1. The third-order valence-electron chi connectivity index (χ3n) is 3.43. The maximum absolute atomic E-state index is 12.3. The molecular weight excluding hydrogens is 250 g/mol. The van der Waals surface area contributed by atoms with Crippen molar-refractivity contribution in [3.05, 3.63) is 0 Å². The molecule has 0 aromatic rings. The van der Waals surface area contributed by atoms with E-state index in [1.54, 1.807) is 11.8 Å². The monoisotopic (exact) mass is 273 g/mol. The van der Waals surface area contributed by atoms with Crippen LogP contribution in [0.2, 0.25) is 0 Å². The zero-order chi connectivity index (χ0) is 14.0. The summed E-state index contributed by atoms with van der Waals surface area (Å²) in [7, 11) is 0. The van der Waals surface area contributed by atoms with Crippen LogP contribution >= 0.6 is 11.8 Å². The van der Waals surface area contributed by atoms with Crippen molar-refractivity contribution >= 4 is 23.6 Å². The highest BCUT2D eigenvalue weighted by Crippen LogP contribution is 2.38. The molecule has 0 aromatic carbocycles.